The predicted octanol–water partition coefficient (Wildman–Crippen LogP) is 5.52. The second kappa shape index (κ2) is 6.09. The van der Waals surface area contributed by atoms with Gasteiger partial charge in [0.1, 0.15) is 17.0 Å². The van der Waals surface area contributed by atoms with Gasteiger partial charge >= 0.3 is 6.18 Å². The molecule has 1 aliphatic carbocycles. The van der Waals surface area contributed by atoms with Gasteiger partial charge in [0.15, 0.2) is 5.76 Å². The third-order valence-corrected chi connectivity index (χ3v) is 5.03. The minimum Gasteiger partial charge on any atom is -0.353 e. The van der Waals surface area contributed by atoms with Gasteiger partial charge in [0.2, 0.25) is 0 Å². The van der Waals surface area contributed by atoms with Crippen LogP contribution in [0.4, 0.5) is 13.2 Å². The van der Waals surface area contributed by atoms with E-state index in [0.717, 1.165) is 23.1 Å². The number of H-pyrrole nitrogens is 1. The molecule has 5 rings (SSSR count). The molecule has 4 aromatic rings. The summed E-state index contributed by atoms with van der Waals surface area (Å²) in [5.74, 6) is -0.320. The molecular formula is C21H14F3N3O. The maximum atomic E-state index is 14.0. The molecule has 0 saturated carbocycles. The van der Waals surface area contributed by atoms with E-state index in [1.807, 2.05) is 24.3 Å². The lowest BCUT2D eigenvalue weighted by molar-refractivity contribution is -0.136. The van der Waals surface area contributed by atoms with E-state index in [-0.39, 0.29) is 17.1 Å². The lowest BCUT2D eigenvalue weighted by atomic mass is 9.88. The summed E-state index contributed by atoms with van der Waals surface area (Å²) >= 11 is 0. The van der Waals surface area contributed by atoms with Gasteiger partial charge in [0.05, 0.1) is 5.69 Å². The number of rotatable bonds is 2. The Morgan fingerprint density at radius 3 is 2.43 bits per heavy atom. The van der Waals surface area contributed by atoms with Gasteiger partial charge in [-0.3, -0.25) is 5.10 Å². The van der Waals surface area contributed by atoms with Crippen LogP contribution in [-0.2, 0) is 19.0 Å². The van der Waals surface area contributed by atoms with E-state index in [9.17, 15) is 13.2 Å². The number of nitrogens with zero attached hydrogens (tertiary/aromatic N) is 2. The zero-order valence-corrected chi connectivity index (χ0v) is 14.5. The molecule has 2 aromatic carbocycles. The molecule has 0 saturated heterocycles. The topological polar surface area (TPSA) is 54.7 Å². The summed E-state index contributed by atoms with van der Waals surface area (Å²) in [4.78, 5) is 0. The highest BCUT2D eigenvalue weighted by Crippen LogP contribution is 2.45. The van der Waals surface area contributed by atoms with Crippen molar-refractivity contribution >= 4 is 0 Å². The van der Waals surface area contributed by atoms with E-state index in [1.165, 1.54) is 0 Å². The molecule has 0 spiro atoms. The molecule has 0 unspecified atom stereocenters. The van der Waals surface area contributed by atoms with E-state index in [2.05, 4.69) is 15.4 Å². The summed E-state index contributed by atoms with van der Waals surface area (Å²) in [5, 5.41) is 10.8. The summed E-state index contributed by atoms with van der Waals surface area (Å²) in [6, 6.07) is 16.0. The minimum atomic E-state index is -4.62. The summed E-state index contributed by atoms with van der Waals surface area (Å²) in [7, 11) is 0. The van der Waals surface area contributed by atoms with Gasteiger partial charge in [-0.1, -0.05) is 59.8 Å². The molecule has 1 N–H and O–H groups in total. The van der Waals surface area contributed by atoms with Crippen LogP contribution in [0.15, 0.2) is 59.1 Å². The van der Waals surface area contributed by atoms with E-state index in [4.69, 9.17) is 4.52 Å². The third kappa shape index (κ3) is 2.54. The van der Waals surface area contributed by atoms with Gasteiger partial charge in [0, 0.05) is 16.7 Å². The molecule has 4 nitrogen and oxygen atoms in total. The van der Waals surface area contributed by atoms with E-state index < -0.39 is 11.7 Å². The average molecular weight is 381 g/mol. The third-order valence-electron chi connectivity index (χ3n) is 5.03. The first-order chi connectivity index (χ1) is 13.5. The normalized spacial score (nSPS) is 13.2. The molecule has 0 atom stereocenters. The lowest BCUT2D eigenvalue weighted by Gasteiger charge is -2.15. The summed E-state index contributed by atoms with van der Waals surface area (Å²) < 4.78 is 47.1. The molecule has 28 heavy (non-hydrogen) atoms. The molecule has 0 radical (unpaired) electrons. The van der Waals surface area contributed by atoms with E-state index >= 15 is 0 Å². The number of halogens is 3. The number of hydrogen-bond acceptors (Lipinski definition) is 3. The Hall–Kier alpha value is -3.35. The summed E-state index contributed by atoms with van der Waals surface area (Å²) in [6.45, 7) is 0. The highest BCUT2D eigenvalue weighted by Gasteiger charge is 2.42. The van der Waals surface area contributed by atoms with E-state index in [1.54, 1.807) is 30.3 Å². The van der Waals surface area contributed by atoms with Gasteiger partial charge in [0.25, 0.3) is 0 Å². The van der Waals surface area contributed by atoms with Crippen LogP contribution >= 0.6 is 0 Å². The average Bonchev–Trinajstić information content (AvgIpc) is 3.32. The van der Waals surface area contributed by atoms with Gasteiger partial charge in [-0.05, 0) is 18.4 Å². The molecular weight excluding hydrogens is 367 g/mol. The molecule has 140 valence electrons. The Balaban J connectivity index is 1.71. The van der Waals surface area contributed by atoms with Crippen LogP contribution in [-0.4, -0.2) is 15.4 Å². The Bertz CT molecular complexity index is 1160. The number of alkyl halides is 3. The second-order valence-electron chi connectivity index (χ2n) is 6.68. The number of aromatic nitrogens is 3. The van der Waals surface area contributed by atoms with Crippen LogP contribution in [0.1, 0.15) is 16.7 Å². The smallest absolute Gasteiger partial charge is 0.353 e. The standard InChI is InChI=1S/C21H14F3N3O/c22-21(23,24)16-17(13-7-2-1-3-8-13)27-28-20(16)19-15-11-10-12-6-4-5-9-14(12)18(15)25-26-19/h1-9H,10-11H2,(H,25,26). The van der Waals surface area contributed by atoms with Crippen LogP contribution < -0.4 is 0 Å². The maximum absolute atomic E-state index is 14.0. The predicted molar refractivity (Wildman–Crippen MR) is 97.4 cm³/mol. The first-order valence-electron chi connectivity index (χ1n) is 8.82. The highest BCUT2D eigenvalue weighted by atomic mass is 19.4. The summed E-state index contributed by atoms with van der Waals surface area (Å²) in [6.07, 6.45) is -3.31. The van der Waals surface area contributed by atoms with Crippen LogP contribution in [0, 0.1) is 0 Å². The van der Waals surface area contributed by atoms with Crippen molar-refractivity contribution in [1.29, 1.82) is 0 Å². The molecule has 2 heterocycles. The number of nitrogens with one attached hydrogen (secondary N) is 1. The largest absolute Gasteiger partial charge is 0.422 e. The van der Waals surface area contributed by atoms with Crippen LogP contribution in [0.2, 0.25) is 0 Å². The van der Waals surface area contributed by atoms with E-state index in [0.29, 0.717) is 17.7 Å². The SMILES string of the molecule is FC(F)(F)c1c(-c2ccccc2)noc1-c1[nH]nc2c1CCc1ccccc1-2. The number of benzene rings is 2. The molecule has 7 heteroatoms. The number of aryl methyl sites for hydroxylation is 1. The van der Waals surface area contributed by atoms with Crippen molar-refractivity contribution in [2.45, 2.75) is 19.0 Å². The second-order valence-corrected chi connectivity index (χ2v) is 6.68. The zero-order chi connectivity index (χ0) is 19.3. The number of fused-ring (bicyclic) bond motifs is 3. The summed E-state index contributed by atoms with van der Waals surface area (Å²) in [5.41, 5.74) is 2.94. The van der Waals surface area contributed by atoms with Crippen LogP contribution in [0.5, 0.6) is 0 Å². The van der Waals surface area contributed by atoms with Crippen molar-refractivity contribution in [3.63, 3.8) is 0 Å². The fourth-order valence-electron chi connectivity index (χ4n) is 3.76. The molecule has 0 fully saturated rings. The molecule has 0 amide bonds. The molecule has 1 aliphatic rings. The van der Waals surface area contributed by atoms with Gasteiger partial charge in [-0.25, -0.2) is 0 Å². The number of hydrogen-bond donors (Lipinski definition) is 1. The Morgan fingerprint density at radius 2 is 1.64 bits per heavy atom. The van der Waals surface area contributed by atoms with Gasteiger partial charge < -0.3 is 4.52 Å². The van der Waals surface area contributed by atoms with Crippen molar-refractivity contribution in [2.24, 2.45) is 0 Å². The molecule has 2 aromatic heterocycles. The fraction of sp³-hybridized carbons (Fsp3) is 0.143. The Labute approximate surface area is 158 Å². The van der Waals surface area contributed by atoms with Crippen LogP contribution in [0.25, 0.3) is 34.0 Å². The zero-order valence-electron chi connectivity index (χ0n) is 14.5. The van der Waals surface area contributed by atoms with Crippen molar-refractivity contribution in [3.05, 3.63) is 71.3 Å². The van der Waals surface area contributed by atoms with Crippen molar-refractivity contribution in [1.82, 2.24) is 15.4 Å². The van der Waals surface area contributed by atoms with Crippen molar-refractivity contribution in [2.75, 3.05) is 0 Å². The minimum absolute atomic E-state index is 0.220. The van der Waals surface area contributed by atoms with Crippen LogP contribution in [0.3, 0.4) is 0 Å². The maximum Gasteiger partial charge on any atom is 0.422 e. The Kier molecular flexibility index (Phi) is 3.65. The lowest BCUT2D eigenvalue weighted by Crippen LogP contribution is -2.08. The van der Waals surface area contributed by atoms with Gasteiger partial charge in [-0.15, -0.1) is 0 Å². The first kappa shape index (κ1) is 16.8. The fourth-order valence-corrected chi connectivity index (χ4v) is 3.76. The quantitative estimate of drug-likeness (QED) is 0.498. The highest BCUT2D eigenvalue weighted by molar-refractivity contribution is 5.79. The number of aromatic amines is 1. The Morgan fingerprint density at radius 1 is 0.893 bits per heavy atom. The first-order valence-corrected chi connectivity index (χ1v) is 8.82. The van der Waals surface area contributed by atoms with Gasteiger partial charge in [-0.2, -0.15) is 18.3 Å². The van der Waals surface area contributed by atoms with Crippen molar-refractivity contribution in [3.8, 4) is 34.0 Å². The molecule has 0 bridgehead atoms. The molecule has 0 aliphatic heterocycles. The monoisotopic (exact) mass is 381 g/mol. The van der Waals surface area contributed by atoms with Crippen molar-refractivity contribution < 1.29 is 17.7 Å².